The number of carbonyl (C=O) groups excluding carboxylic acids is 1. The minimum atomic E-state index is -0.677. The molecular formula is C12H12BrF2NO. The summed E-state index contributed by atoms with van der Waals surface area (Å²) in [5.41, 5.74) is -0.367. The summed E-state index contributed by atoms with van der Waals surface area (Å²) in [5.74, 6) is -1.70. The lowest BCUT2D eigenvalue weighted by Gasteiger charge is -2.14. The molecule has 1 amide bonds. The first-order valence-electron chi connectivity index (χ1n) is 5.36. The van der Waals surface area contributed by atoms with Crippen LogP contribution in [-0.4, -0.2) is 16.8 Å². The Labute approximate surface area is 107 Å². The number of rotatable bonds is 4. The van der Waals surface area contributed by atoms with E-state index in [1.54, 1.807) is 0 Å². The molecule has 1 aliphatic carbocycles. The first-order valence-corrected chi connectivity index (χ1v) is 6.48. The lowest BCUT2D eigenvalue weighted by Crippen LogP contribution is -2.39. The molecule has 0 heterocycles. The Bertz CT molecular complexity index is 426. The summed E-state index contributed by atoms with van der Waals surface area (Å²) in [6, 6.07) is 3.60. The van der Waals surface area contributed by atoms with E-state index in [4.69, 9.17) is 0 Å². The summed E-state index contributed by atoms with van der Waals surface area (Å²) in [5, 5.41) is 3.47. The van der Waals surface area contributed by atoms with E-state index in [2.05, 4.69) is 21.2 Å². The second-order valence-corrected chi connectivity index (χ2v) is 4.90. The van der Waals surface area contributed by atoms with Gasteiger partial charge in [-0.2, -0.15) is 0 Å². The van der Waals surface area contributed by atoms with Crippen molar-refractivity contribution in [3.05, 3.63) is 35.4 Å². The molecular weight excluding hydrogens is 292 g/mol. The van der Waals surface area contributed by atoms with Gasteiger partial charge in [0.2, 0.25) is 5.91 Å². The highest BCUT2D eigenvalue weighted by atomic mass is 79.9. The van der Waals surface area contributed by atoms with Gasteiger partial charge >= 0.3 is 0 Å². The second kappa shape index (κ2) is 4.72. The lowest BCUT2D eigenvalue weighted by molar-refractivity contribution is -0.121. The van der Waals surface area contributed by atoms with Crippen LogP contribution < -0.4 is 5.32 Å². The van der Waals surface area contributed by atoms with Gasteiger partial charge in [-0.1, -0.05) is 22.0 Å². The Kier molecular flexibility index (Phi) is 3.47. The van der Waals surface area contributed by atoms with Crippen molar-refractivity contribution in [2.75, 3.05) is 5.33 Å². The van der Waals surface area contributed by atoms with Gasteiger partial charge in [0.1, 0.15) is 11.6 Å². The van der Waals surface area contributed by atoms with Crippen LogP contribution >= 0.6 is 15.9 Å². The van der Waals surface area contributed by atoms with Crippen molar-refractivity contribution in [3.8, 4) is 0 Å². The summed E-state index contributed by atoms with van der Waals surface area (Å²) in [7, 11) is 0. The number of hydrogen-bond acceptors (Lipinski definition) is 1. The van der Waals surface area contributed by atoms with Crippen LogP contribution in [0, 0.1) is 11.6 Å². The molecule has 0 spiro atoms. The summed E-state index contributed by atoms with van der Waals surface area (Å²) in [6.45, 7) is 0. The van der Waals surface area contributed by atoms with Gasteiger partial charge in [0.25, 0.3) is 0 Å². The van der Waals surface area contributed by atoms with E-state index in [9.17, 15) is 13.6 Å². The van der Waals surface area contributed by atoms with E-state index in [0.717, 1.165) is 25.0 Å². The summed E-state index contributed by atoms with van der Waals surface area (Å²) >= 11 is 3.31. The van der Waals surface area contributed by atoms with Crippen LogP contribution in [0.5, 0.6) is 0 Å². The highest BCUT2D eigenvalue weighted by molar-refractivity contribution is 9.09. The molecule has 5 heteroatoms. The van der Waals surface area contributed by atoms with Crippen molar-refractivity contribution in [1.29, 1.82) is 0 Å². The van der Waals surface area contributed by atoms with Gasteiger partial charge in [-0.15, -0.1) is 0 Å². The zero-order chi connectivity index (χ0) is 12.5. The second-order valence-electron chi connectivity index (χ2n) is 4.34. The lowest BCUT2D eigenvalue weighted by atomic mass is 10.1. The molecule has 1 saturated carbocycles. The molecule has 1 aromatic rings. The van der Waals surface area contributed by atoms with Gasteiger partial charge in [0, 0.05) is 16.4 Å². The fourth-order valence-electron chi connectivity index (χ4n) is 1.64. The van der Waals surface area contributed by atoms with E-state index in [-0.39, 0.29) is 23.4 Å². The van der Waals surface area contributed by atoms with E-state index in [1.165, 1.54) is 6.07 Å². The Hall–Kier alpha value is -0.970. The zero-order valence-corrected chi connectivity index (χ0v) is 10.7. The Morgan fingerprint density at radius 1 is 1.35 bits per heavy atom. The quantitative estimate of drug-likeness (QED) is 0.851. The minimum absolute atomic E-state index is 0.171. The number of benzene rings is 1. The maximum absolute atomic E-state index is 13.3. The average molecular weight is 304 g/mol. The van der Waals surface area contributed by atoms with Crippen LogP contribution in [0.4, 0.5) is 8.78 Å². The third-order valence-electron chi connectivity index (χ3n) is 2.91. The standard InChI is InChI=1S/C12H12BrF2NO/c13-7-12(4-5-12)16-11(17)6-8-9(14)2-1-3-10(8)15/h1-3H,4-7H2,(H,16,17). The maximum Gasteiger partial charge on any atom is 0.225 e. The molecule has 0 aromatic heterocycles. The normalized spacial score (nSPS) is 16.6. The molecule has 1 N–H and O–H groups in total. The highest BCUT2D eigenvalue weighted by Crippen LogP contribution is 2.36. The molecule has 0 radical (unpaired) electrons. The Balaban J connectivity index is 2.03. The molecule has 17 heavy (non-hydrogen) atoms. The number of carbonyl (C=O) groups is 1. The summed E-state index contributed by atoms with van der Waals surface area (Å²) in [4.78, 5) is 11.7. The van der Waals surface area contributed by atoms with Gasteiger partial charge in [0.15, 0.2) is 0 Å². The van der Waals surface area contributed by atoms with Crippen molar-refractivity contribution in [2.45, 2.75) is 24.8 Å². The molecule has 1 aromatic carbocycles. The van der Waals surface area contributed by atoms with Gasteiger partial charge in [0.05, 0.1) is 6.42 Å². The van der Waals surface area contributed by atoms with Crippen LogP contribution in [-0.2, 0) is 11.2 Å². The van der Waals surface area contributed by atoms with Crippen LogP contribution in [0.15, 0.2) is 18.2 Å². The number of halogens is 3. The fraction of sp³-hybridized carbons (Fsp3) is 0.417. The van der Waals surface area contributed by atoms with Crippen molar-refractivity contribution in [1.82, 2.24) is 5.32 Å². The van der Waals surface area contributed by atoms with Crippen LogP contribution in [0.1, 0.15) is 18.4 Å². The largest absolute Gasteiger partial charge is 0.350 e. The molecule has 2 nitrogen and oxygen atoms in total. The van der Waals surface area contributed by atoms with Crippen molar-refractivity contribution >= 4 is 21.8 Å². The number of alkyl halides is 1. The number of amides is 1. The predicted octanol–water partition coefficient (Wildman–Crippen LogP) is 2.55. The topological polar surface area (TPSA) is 29.1 Å². The van der Waals surface area contributed by atoms with E-state index >= 15 is 0 Å². The van der Waals surface area contributed by atoms with Gasteiger partial charge in [-0.25, -0.2) is 8.78 Å². The van der Waals surface area contributed by atoms with Crippen LogP contribution in [0.2, 0.25) is 0 Å². The molecule has 0 saturated heterocycles. The Morgan fingerprint density at radius 2 is 1.94 bits per heavy atom. The monoisotopic (exact) mass is 303 g/mol. The fourth-order valence-corrected chi connectivity index (χ4v) is 2.35. The smallest absolute Gasteiger partial charge is 0.225 e. The van der Waals surface area contributed by atoms with Crippen molar-refractivity contribution in [2.24, 2.45) is 0 Å². The van der Waals surface area contributed by atoms with Crippen molar-refractivity contribution < 1.29 is 13.6 Å². The van der Waals surface area contributed by atoms with E-state index < -0.39 is 11.6 Å². The molecule has 1 aliphatic rings. The van der Waals surface area contributed by atoms with E-state index in [0.29, 0.717) is 5.33 Å². The number of nitrogens with one attached hydrogen (secondary N) is 1. The first kappa shape index (κ1) is 12.5. The van der Waals surface area contributed by atoms with Crippen LogP contribution in [0.25, 0.3) is 0 Å². The highest BCUT2D eigenvalue weighted by Gasteiger charge is 2.42. The van der Waals surface area contributed by atoms with Gasteiger partial charge in [-0.05, 0) is 25.0 Å². The third kappa shape index (κ3) is 2.83. The third-order valence-corrected chi connectivity index (χ3v) is 3.99. The summed E-state index contributed by atoms with van der Waals surface area (Å²) in [6.07, 6.45) is 1.56. The SMILES string of the molecule is O=C(Cc1c(F)cccc1F)NC1(CBr)CC1. The maximum atomic E-state index is 13.3. The van der Waals surface area contributed by atoms with E-state index in [1.807, 2.05) is 0 Å². The van der Waals surface area contributed by atoms with Gasteiger partial charge < -0.3 is 5.32 Å². The molecule has 2 rings (SSSR count). The molecule has 0 unspecified atom stereocenters. The zero-order valence-electron chi connectivity index (χ0n) is 9.10. The predicted molar refractivity (Wildman–Crippen MR) is 64.0 cm³/mol. The number of hydrogen-bond donors (Lipinski definition) is 1. The molecule has 0 atom stereocenters. The summed E-state index contributed by atoms with van der Waals surface area (Å²) < 4.78 is 26.6. The average Bonchev–Trinajstić information content (AvgIpc) is 3.04. The molecule has 0 aliphatic heterocycles. The molecule has 1 fully saturated rings. The molecule has 0 bridgehead atoms. The minimum Gasteiger partial charge on any atom is -0.350 e. The van der Waals surface area contributed by atoms with Crippen molar-refractivity contribution in [3.63, 3.8) is 0 Å². The first-order chi connectivity index (χ1) is 8.06. The van der Waals surface area contributed by atoms with Gasteiger partial charge in [-0.3, -0.25) is 4.79 Å². The molecule has 92 valence electrons. The Morgan fingerprint density at radius 3 is 2.41 bits per heavy atom. The van der Waals surface area contributed by atoms with Crippen LogP contribution in [0.3, 0.4) is 0 Å².